The summed E-state index contributed by atoms with van der Waals surface area (Å²) in [5.74, 6) is -1.70. The fourth-order valence-electron chi connectivity index (χ4n) is 2.98. The molecule has 0 unspecified atom stereocenters. The number of carboxylic acid groups (broad SMARTS) is 1. The summed E-state index contributed by atoms with van der Waals surface area (Å²) in [6, 6.07) is 9.23. The van der Waals surface area contributed by atoms with Gasteiger partial charge in [0, 0.05) is 5.39 Å². The summed E-state index contributed by atoms with van der Waals surface area (Å²) in [7, 11) is 0. The summed E-state index contributed by atoms with van der Waals surface area (Å²) < 4.78 is 5.75. The highest BCUT2D eigenvalue weighted by molar-refractivity contribution is 5.85. The molecule has 5 heteroatoms. The molecule has 0 aliphatic heterocycles. The predicted octanol–water partition coefficient (Wildman–Crippen LogP) is 3.28. The number of furan rings is 1. The zero-order chi connectivity index (χ0) is 16.4. The number of benzene rings is 1. The molecule has 0 fully saturated rings. The number of para-hydroxylation sites is 1. The van der Waals surface area contributed by atoms with Crippen LogP contribution in [0.5, 0.6) is 0 Å². The maximum Gasteiger partial charge on any atom is 0.307 e. The normalized spacial score (nSPS) is 22.0. The maximum atomic E-state index is 12.5. The van der Waals surface area contributed by atoms with Crippen LogP contribution in [0.3, 0.4) is 0 Å². The van der Waals surface area contributed by atoms with Crippen molar-refractivity contribution in [1.29, 1.82) is 0 Å². The second-order valence-corrected chi connectivity index (χ2v) is 5.91. The molecule has 1 aromatic heterocycles. The number of carbonyl (C=O) groups excluding carboxylic acids is 1. The van der Waals surface area contributed by atoms with Crippen molar-refractivity contribution in [3.05, 3.63) is 48.2 Å². The van der Waals surface area contributed by atoms with E-state index in [0.29, 0.717) is 18.6 Å². The summed E-state index contributed by atoms with van der Waals surface area (Å²) in [6.07, 6.45) is 4.54. The Balaban J connectivity index is 1.73. The van der Waals surface area contributed by atoms with E-state index >= 15 is 0 Å². The van der Waals surface area contributed by atoms with Crippen molar-refractivity contribution in [2.75, 3.05) is 0 Å². The largest absolute Gasteiger partial charge is 0.481 e. The third-order valence-electron chi connectivity index (χ3n) is 4.32. The molecule has 3 rings (SSSR count). The molecule has 0 saturated heterocycles. The predicted molar refractivity (Wildman–Crippen MR) is 85.8 cm³/mol. The van der Waals surface area contributed by atoms with E-state index in [-0.39, 0.29) is 11.9 Å². The van der Waals surface area contributed by atoms with Crippen molar-refractivity contribution in [3.8, 4) is 0 Å². The number of aliphatic carboxylic acids is 1. The van der Waals surface area contributed by atoms with E-state index in [1.54, 1.807) is 0 Å². The van der Waals surface area contributed by atoms with Crippen LogP contribution < -0.4 is 5.32 Å². The third-order valence-corrected chi connectivity index (χ3v) is 4.32. The number of nitrogens with one attached hydrogen (secondary N) is 1. The van der Waals surface area contributed by atoms with E-state index < -0.39 is 17.8 Å². The van der Waals surface area contributed by atoms with Gasteiger partial charge in [-0.3, -0.25) is 9.59 Å². The van der Waals surface area contributed by atoms with Gasteiger partial charge >= 0.3 is 5.97 Å². The lowest BCUT2D eigenvalue weighted by atomic mass is 9.82. The number of hydrogen-bond acceptors (Lipinski definition) is 3. The van der Waals surface area contributed by atoms with Crippen molar-refractivity contribution in [2.45, 2.75) is 25.8 Å². The molecule has 0 radical (unpaired) electrons. The lowest BCUT2D eigenvalue weighted by Crippen LogP contribution is -2.39. The standard InChI is InChI=1S/C18H19NO4/c1-11(16-10-12-6-2-5-9-15(12)23-16)19-17(20)13-7-3-4-8-14(13)18(21)22/h2-6,9-11,13-14H,7-8H2,1H3,(H,19,20)(H,21,22)/t11-,13-,14-/m0/s1. The minimum absolute atomic E-state index is 0.241. The number of rotatable bonds is 4. The van der Waals surface area contributed by atoms with Crippen molar-refractivity contribution >= 4 is 22.8 Å². The SMILES string of the molecule is C[C@H](NC(=O)[C@H]1CC=CC[C@@H]1C(=O)O)c1cc2ccccc2o1. The number of fused-ring (bicyclic) bond motifs is 1. The Morgan fingerprint density at radius 1 is 1.22 bits per heavy atom. The minimum Gasteiger partial charge on any atom is -0.481 e. The van der Waals surface area contributed by atoms with Crippen molar-refractivity contribution < 1.29 is 19.1 Å². The van der Waals surface area contributed by atoms with Crippen LogP contribution in [0.25, 0.3) is 11.0 Å². The first-order chi connectivity index (χ1) is 11.1. The monoisotopic (exact) mass is 313 g/mol. The molecule has 5 nitrogen and oxygen atoms in total. The Morgan fingerprint density at radius 2 is 1.91 bits per heavy atom. The molecule has 2 aromatic rings. The van der Waals surface area contributed by atoms with Gasteiger partial charge in [0.05, 0.1) is 17.9 Å². The molecule has 0 saturated carbocycles. The van der Waals surface area contributed by atoms with E-state index in [1.165, 1.54) is 0 Å². The van der Waals surface area contributed by atoms with Crippen LogP contribution in [0.15, 0.2) is 46.9 Å². The summed E-state index contributed by atoms with van der Waals surface area (Å²) in [5, 5.41) is 13.1. The van der Waals surface area contributed by atoms with Gasteiger partial charge in [0.2, 0.25) is 5.91 Å². The van der Waals surface area contributed by atoms with E-state index in [1.807, 2.05) is 49.4 Å². The summed E-state index contributed by atoms with van der Waals surface area (Å²) in [6.45, 7) is 1.84. The van der Waals surface area contributed by atoms with Gasteiger partial charge in [-0.05, 0) is 31.9 Å². The molecule has 23 heavy (non-hydrogen) atoms. The van der Waals surface area contributed by atoms with Crippen molar-refractivity contribution in [1.82, 2.24) is 5.32 Å². The molecule has 120 valence electrons. The molecule has 3 atom stereocenters. The average molecular weight is 313 g/mol. The highest BCUT2D eigenvalue weighted by Crippen LogP contribution is 2.28. The third kappa shape index (κ3) is 3.13. The Kier molecular flexibility index (Phi) is 4.19. The van der Waals surface area contributed by atoms with Gasteiger partial charge in [0.1, 0.15) is 11.3 Å². The molecule has 0 bridgehead atoms. The van der Waals surface area contributed by atoms with Crippen LogP contribution in [-0.4, -0.2) is 17.0 Å². The average Bonchev–Trinajstić information content (AvgIpc) is 2.99. The van der Waals surface area contributed by atoms with Crippen LogP contribution in [0.2, 0.25) is 0 Å². The van der Waals surface area contributed by atoms with Gasteiger partial charge in [-0.15, -0.1) is 0 Å². The van der Waals surface area contributed by atoms with E-state index in [9.17, 15) is 14.7 Å². The van der Waals surface area contributed by atoms with E-state index in [2.05, 4.69) is 5.32 Å². The van der Waals surface area contributed by atoms with Gasteiger partial charge in [-0.1, -0.05) is 30.4 Å². The molecule has 1 aliphatic carbocycles. The number of carbonyl (C=O) groups is 2. The second-order valence-electron chi connectivity index (χ2n) is 5.91. The molecule has 1 aliphatic rings. The van der Waals surface area contributed by atoms with Crippen LogP contribution in [-0.2, 0) is 9.59 Å². The Bertz CT molecular complexity index is 728. The topological polar surface area (TPSA) is 79.5 Å². The molecular weight excluding hydrogens is 294 g/mol. The Hall–Kier alpha value is -2.56. The fourth-order valence-corrected chi connectivity index (χ4v) is 2.98. The summed E-state index contributed by atoms with van der Waals surface area (Å²) in [4.78, 5) is 23.8. The minimum atomic E-state index is -0.925. The van der Waals surface area contributed by atoms with Gasteiger partial charge in [0.15, 0.2) is 0 Å². The van der Waals surface area contributed by atoms with E-state index in [0.717, 1.165) is 11.0 Å². The first-order valence-corrected chi connectivity index (χ1v) is 7.73. The Morgan fingerprint density at radius 3 is 2.61 bits per heavy atom. The number of amides is 1. The van der Waals surface area contributed by atoms with Gasteiger partial charge < -0.3 is 14.8 Å². The Labute approximate surface area is 134 Å². The molecule has 0 spiro atoms. The lowest BCUT2D eigenvalue weighted by molar-refractivity contribution is -0.147. The van der Waals surface area contributed by atoms with Crippen molar-refractivity contribution in [3.63, 3.8) is 0 Å². The van der Waals surface area contributed by atoms with Crippen LogP contribution in [0, 0.1) is 11.8 Å². The van der Waals surface area contributed by atoms with Gasteiger partial charge in [0.25, 0.3) is 0 Å². The van der Waals surface area contributed by atoms with Crippen LogP contribution in [0.4, 0.5) is 0 Å². The highest BCUT2D eigenvalue weighted by atomic mass is 16.4. The molecule has 1 aromatic carbocycles. The maximum absolute atomic E-state index is 12.5. The smallest absolute Gasteiger partial charge is 0.307 e. The number of hydrogen-bond donors (Lipinski definition) is 2. The van der Waals surface area contributed by atoms with Crippen LogP contribution >= 0.6 is 0 Å². The zero-order valence-electron chi connectivity index (χ0n) is 12.9. The zero-order valence-corrected chi connectivity index (χ0v) is 12.9. The molecule has 1 amide bonds. The molecule has 2 N–H and O–H groups in total. The summed E-state index contributed by atoms with van der Waals surface area (Å²) >= 11 is 0. The van der Waals surface area contributed by atoms with Gasteiger partial charge in [-0.2, -0.15) is 0 Å². The number of allylic oxidation sites excluding steroid dienone is 2. The summed E-state index contributed by atoms with van der Waals surface area (Å²) in [5.41, 5.74) is 0.771. The lowest BCUT2D eigenvalue weighted by Gasteiger charge is -2.25. The van der Waals surface area contributed by atoms with Gasteiger partial charge in [-0.25, -0.2) is 0 Å². The highest BCUT2D eigenvalue weighted by Gasteiger charge is 2.34. The number of carboxylic acids is 1. The van der Waals surface area contributed by atoms with Crippen molar-refractivity contribution in [2.24, 2.45) is 11.8 Å². The first kappa shape index (κ1) is 15.3. The fraction of sp³-hybridized carbons (Fsp3) is 0.333. The second kappa shape index (κ2) is 6.28. The molecular formula is C18H19NO4. The quantitative estimate of drug-likeness (QED) is 0.849. The van der Waals surface area contributed by atoms with Crippen LogP contribution in [0.1, 0.15) is 31.6 Å². The first-order valence-electron chi connectivity index (χ1n) is 7.73. The van der Waals surface area contributed by atoms with E-state index in [4.69, 9.17) is 4.42 Å². The molecule has 1 heterocycles.